The lowest BCUT2D eigenvalue weighted by atomic mass is 10.2. The van der Waals surface area contributed by atoms with Crippen molar-refractivity contribution in [2.24, 2.45) is 0 Å². The molecule has 1 heterocycles. The van der Waals surface area contributed by atoms with E-state index in [1.807, 2.05) is 26.4 Å². The maximum atomic E-state index is 11.0. The Bertz CT molecular complexity index is 353. The molecule has 0 fully saturated rings. The summed E-state index contributed by atoms with van der Waals surface area (Å²) < 4.78 is 4.59. The van der Waals surface area contributed by atoms with Gasteiger partial charge in [-0.3, -0.25) is 9.78 Å². The van der Waals surface area contributed by atoms with Crippen molar-refractivity contribution < 1.29 is 9.53 Å². The minimum Gasteiger partial charge on any atom is -0.469 e. The Kier molecular flexibility index (Phi) is 4.92. The predicted molar refractivity (Wildman–Crippen MR) is 61.9 cm³/mol. The molecule has 0 saturated heterocycles. The van der Waals surface area contributed by atoms with Crippen LogP contribution in [0.1, 0.15) is 17.5 Å². The number of carbonyl (C=O) groups excluding carboxylic acids is 1. The third-order valence-electron chi connectivity index (χ3n) is 2.31. The average Bonchev–Trinajstić information content (AvgIpc) is 2.26. The Hall–Kier alpha value is -1.42. The Balaban J connectivity index is 2.39. The maximum Gasteiger partial charge on any atom is 0.306 e. The molecule has 0 unspecified atom stereocenters. The zero-order valence-corrected chi connectivity index (χ0v) is 10.1. The second kappa shape index (κ2) is 6.23. The van der Waals surface area contributed by atoms with Gasteiger partial charge in [0.05, 0.1) is 13.5 Å². The average molecular weight is 222 g/mol. The highest BCUT2D eigenvalue weighted by Gasteiger charge is 2.05. The van der Waals surface area contributed by atoms with Crippen molar-refractivity contribution in [3.05, 3.63) is 29.6 Å². The fraction of sp³-hybridized carbons (Fsp3) is 0.500. The largest absolute Gasteiger partial charge is 0.469 e. The number of hydrogen-bond donors (Lipinski definition) is 0. The summed E-state index contributed by atoms with van der Waals surface area (Å²) in [5, 5.41) is 0. The minimum atomic E-state index is -0.172. The SMILES string of the molecule is COC(=O)CCN(C)Cc1cncc(C)c1. The monoisotopic (exact) mass is 222 g/mol. The van der Waals surface area contributed by atoms with Gasteiger partial charge in [-0.25, -0.2) is 0 Å². The van der Waals surface area contributed by atoms with Crippen molar-refractivity contribution in [3.63, 3.8) is 0 Å². The molecule has 0 aromatic carbocycles. The molecule has 1 aromatic heterocycles. The molecule has 16 heavy (non-hydrogen) atoms. The van der Waals surface area contributed by atoms with Crippen molar-refractivity contribution >= 4 is 5.97 Å². The Morgan fingerprint density at radius 3 is 2.88 bits per heavy atom. The summed E-state index contributed by atoms with van der Waals surface area (Å²) in [5.74, 6) is -0.172. The van der Waals surface area contributed by atoms with Crippen molar-refractivity contribution in [3.8, 4) is 0 Å². The van der Waals surface area contributed by atoms with Crippen LogP contribution in [-0.4, -0.2) is 36.6 Å². The van der Waals surface area contributed by atoms with Gasteiger partial charge in [-0.2, -0.15) is 0 Å². The molecule has 1 rings (SSSR count). The summed E-state index contributed by atoms with van der Waals surface area (Å²) in [7, 11) is 3.39. The van der Waals surface area contributed by atoms with E-state index in [0.717, 1.165) is 17.7 Å². The van der Waals surface area contributed by atoms with E-state index in [2.05, 4.69) is 20.7 Å². The molecule has 4 heteroatoms. The number of hydrogen-bond acceptors (Lipinski definition) is 4. The Morgan fingerprint density at radius 2 is 2.25 bits per heavy atom. The van der Waals surface area contributed by atoms with Gasteiger partial charge in [0.1, 0.15) is 0 Å². The molecule has 0 saturated carbocycles. The lowest BCUT2D eigenvalue weighted by Crippen LogP contribution is -2.22. The first-order valence-electron chi connectivity index (χ1n) is 5.27. The molecule has 4 nitrogen and oxygen atoms in total. The quantitative estimate of drug-likeness (QED) is 0.706. The molecular formula is C12H18N2O2. The Labute approximate surface area is 96.2 Å². The molecule has 0 aliphatic heterocycles. The van der Waals surface area contributed by atoms with Crippen LogP contribution in [0.3, 0.4) is 0 Å². The molecule has 0 aliphatic rings. The molecule has 0 N–H and O–H groups in total. The minimum absolute atomic E-state index is 0.172. The van der Waals surface area contributed by atoms with E-state index in [0.29, 0.717) is 13.0 Å². The predicted octanol–water partition coefficient (Wildman–Crippen LogP) is 1.38. The number of aromatic nitrogens is 1. The van der Waals surface area contributed by atoms with E-state index < -0.39 is 0 Å². The van der Waals surface area contributed by atoms with E-state index in [1.54, 1.807) is 0 Å². The molecule has 0 radical (unpaired) electrons. The van der Waals surface area contributed by atoms with Crippen LogP contribution in [0.5, 0.6) is 0 Å². The van der Waals surface area contributed by atoms with Crippen LogP contribution in [0.15, 0.2) is 18.5 Å². The first kappa shape index (κ1) is 12.6. The van der Waals surface area contributed by atoms with Crippen molar-refractivity contribution in [2.75, 3.05) is 20.7 Å². The number of methoxy groups -OCH3 is 1. The summed E-state index contributed by atoms with van der Waals surface area (Å²) in [6.07, 6.45) is 4.10. The van der Waals surface area contributed by atoms with Gasteiger partial charge in [0.15, 0.2) is 0 Å². The molecule has 0 bridgehead atoms. The van der Waals surface area contributed by atoms with Gasteiger partial charge in [-0.15, -0.1) is 0 Å². The standard InChI is InChI=1S/C12H18N2O2/c1-10-6-11(8-13-7-10)9-14(2)5-4-12(15)16-3/h6-8H,4-5,9H2,1-3H3. The Morgan fingerprint density at radius 1 is 1.50 bits per heavy atom. The number of carbonyl (C=O) groups is 1. The van der Waals surface area contributed by atoms with Gasteiger partial charge >= 0.3 is 5.97 Å². The van der Waals surface area contributed by atoms with E-state index in [9.17, 15) is 4.79 Å². The van der Waals surface area contributed by atoms with Crippen molar-refractivity contribution in [1.29, 1.82) is 0 Å². The topological polar surface area (TPSA) is 42.4 Å². The maximum absolute atomic E-state index is 11.0. The molecule has 0 spiro atoms. The van der Waals surface area contributed by atoms with E-state index >= 15 is 0 Å². The van der Waals surface area contributed by atoms with Crippen LogP contribution < -0.4 is 0 Å². The van der Waals surface area contributed by atoms with Crippen LogP contribution in [0.25, 0.3) is 0 Å². The summed E-state index contributed by atoms with van der Waals surface area (Å²) in [6, 6.07) is 2.10. The van der Waals surface area contributed by atoms with Gasteiger partial charge in [-0.05, 0) is 25.1 Å². The zero-order chi connectivity index (χ0) is 12.0. The molecule has 1 aromatic rings. The second-order valence-electron chi connectivity index (χ2n) is 3.93. The number of ether oxygens (including phenoxy) is 1. The first-order chi connectivity index (χ1) is 7.61. The summed E-state index contributed by atoms with van der Waals surface area (Å²) in [5.41, 5.74) is 2.31. The first-order valence-corrected chi connectivity index (χ1v) is 5.27. The fourth-order valence-corrected chi connectivity index (χ4v) is 1.48. The third kappa shape index (κ3) is 4.40. The van der Waals surface area contributed by atoms with Crippen LogP contribution in [-0.2, 0) is 16.1 Å². The van der Waals surface area contributed by atoms with E-state index in [4.69, 9.17) is 0 Å². The van der Waals surface area contributed by atoms with Crippen molar-refractivity contribution in [2.45, 2.75) is 19.9 Å². The molecule has 0 atom stereocenters. The molecular weight excluding hydrogens is 204 g/mol. The zero-order valence-electron chi connectivity index (χ0n) is 10.1. The van der Waals surface area contributed by atoms with Gasteiger partial charge in [0.2, 0.25) is 0 Å². The third-order valence-corrected chi connectivity index (χ3v) is 2.31. The highest BCUT2D eigenvalue weighted by atomic mass is 16.5. The number of rotatable bonds is 5. The van der Waals surface area contributed by atoms with E-state index in [1.165, 1.54) is 7.11 Å². The summed E-state index contributed by atoms with van der Waals surface area (Å²) >= 11 is 0. The number of pyridine rings is 1. The normalized spacial score (nSPS) is 10.5. The van der Waals surface area contributed by atoms with Crippen molar-refractivity contribution in [1.82, 2.24) is 9.88 Å². The van der Waals surface area contributed by atoms with Gasteiger partial charge < -0.3 is 9.64 Å². The fourth-order valence-electron chi connectivity index (χ4n) is 1.48. The lowest BCUT2D eigenvalue weighted by molar-refractivity contribution is -0.140. The number of aryl methyl sites for hydroxylation is 1. The summed E-state index contributed by atoms with van der Waals surface area (Å²) in [6.45, 7) is 3.51. The van der Waals surface area contributed by atoms with Crippen LogP contribution >= 0.6 is 0 Å². The van der Waals surface area contributed by atoms with Crippen LogP contribution in [0, 0.1) is 6.92 Å². The second-order valence-corrected chi connectivity index (χ2v) is 3.93. The van der Waals surface area contributed by atoms with Gasteiger partial charge in [0.25, 0.3) is 0 Å². The number of nitrogens with zero attached hydrogens (tertiary/aromatic N) is 2. The highest BCUT2D eigenvalue weighted by Crippen LogP contribution is 2.04. The molecule has 0 amide bonds. The van der Waals surface area contributed by atoms with E-state index in [-0.39, 0.29) is 5.97 Å². The molecule has 88 valence electrons. The molecule has 0 aliphatic carbocycles. The van der Waals surface area contributed by atoms with Gasteiger partial charge in [0, 0.05) is 25.5 Å². The van der Waals surface area contributed by atoms with Gasteiger partial charge in [-0.1, -0.05) is 6.07 Å². The summed E-state index contributed by atoms with van der Waals surface area (Å²) in [4.78, 5) is 17.2. The highest BCUT2D eigenvalue weighted by molar-refractivity contribution is 5.69. The lowest BCUT2D eigenvalue weighted by Gasteiger charge is -2.15. The smallest absolute Gasteiger partial charge is 0.306 e. The number of esters is 1. The van der Waals surface area contributed by atoms with Crippen LogP contribution in [0.4, 0.5) is 0 Å². The van der Waals surface area contributed by atoms with Crippen LogP contribution in [0.2, 0.25) is 0 Å².